The van der Waals surface area contributed by atoms with Gasteiger partial charge in [-0.3, -0.25) is 0 Å². The van der Waals surface area contributed by atoms with Crippen molar-refractivity contribution in [3.05, 3.63) is 0 Å². The van der Waals surface area contributed by atoms with Gasteiger partial charge in [-0.15, -0.1) is 0 Å². The van der Waals surface area contributed by atoms with Crippen LogP contribution in [0.2, 0.25) is 0 Å². The maximum atomic E-state index is 5.65. The zero-order valence-electron chi connectivity index (χ0n) is 9.99. The molecule has 1 rings (SSSR count). The highest BCUT2D eigenvalue weighted by Gasteiger charge is 2.50. The van der Waals surface area contributed by atoms with Gasteiger partial charge in [-0.05, 0) is 20.8 Å². The molecule has 0 aromatic heterocycles. The van der Waals surface area contributed by atoms with Gasteiger partial charge in [-0.1, -0.05) is 0 Å². The van der Waals surface area contributed by atoms with Crippen molar-refractivity contribution in [1.82, 2.24) is 0 Å². The summed E-state index contributed by atoms with van der Waals surface area (Å²) in [4.78, 5) is 0. The Kier molecular flexibility index (Phi) is 6.69. The van der Waals surface area contributed by atoms with Gasteiger partial charge in [0.25, 0.3) is 0 Å². The van der Waals surface area contributed by atoms with E-state index in [0.29, 0.717) is 33.0 Å². The van der Waals surface area contributed by atoms with Crippen molar-refractivity contribution in [2.75, 3.05) is 33.0 Å². The Hall–Kier alpha value is 0.194. The van der Waals surface area contributed by atoms with Crippen molar-refractivity contribution in [1.29, 1.82) is 0 Å². The van der Waals surface area contributed by atoms with Crippen LogP contribution >= 0.6 is 0 Å². The Morgan fingerprint density at radius 1 is 0.938 bits per heavy atom. The number of hydrogen-bond donors (Lipinski definition) is 0. The van der Waals surface area contributed by atoms with Crippen LogP contribution in [0, 0.1) is 0 Å². The molecule has 1 heterocycles. The molecule has 1 radical (unpaired) electrons. The van der Waals surface area contributed by atoms with Crippen molar-refractivity contribution in [3.63, 3.8) is 0 Å². The third-order valence-corrected chi connectivity index (χ3v) is 6.17. The van der Waals surface area contributed by atoms with Crippen LogP contribution in [0.1, 0.15) is 20.8 Å². The maximum Gasteiger partial charge on any atom is 0.672 e. The predicted molar refractivity (Wildman–Crippen MR) is 59.4 cm³/mol. The quantitative estimate of drug-likeness (QED) is 0.600. The molecule has 0 amide bonds. The van der Waals surface area contributed by atoms with Gasteiger partial charge in [0.2, 0.25) is 0 Å². The van der Waals surface area contributed by atoms with Crippen LogP contribution in [0.3, 0.4) is 0 Å². The minimum absolute atomic E-state index is 0.474. The van der Waals surface area contributed by atoms with Crippen molar-refractivity contribution in [2.24, 2.45) is 0 Å². The van der Waals surface area contributed by atoms with Gasteiger partial charge in [0.1, 0.15) is 0 Å². The molecule has 1 saturated heterocycles. The first-order valence-corrected chi connectivity index (χ1v) is 8.35. The van der Waals surface area contributed by atoms with Gasteiger partial charge >= 0.3 is 18.6 Å². The Bertz CT molecular complexity index is 170. The largest absolute Gasteiger partial charge is 0.672 e. The second kappa shape index (κ2) is 7.51. The summed E-state index contributed by atoms with van der Waals surface area (Å²) in [7, 11) is -4.81. The lowest BCUT2D eigenvalue weighted by molar-refractivity contribution is -0.00382. The standard InChI is InChI=1S/C8H19O6Si2/c1-4-11-16(12-5-2,13-6-3)14-15-9-7-8-10-15/h4-8H2,1-3H3. The van der Waals surface area contributed by atoms with Crippen molar-refractivity contribution in [2.45, 2.75) is 20.8 Å². The summed E-state index contributed by atoms with van der Waals surface area (Å²) in [6.45, 7) is 8.15. The molecule has 95 valence electrons. The van der Waals surface area contributed by atoms with Crippen molar-refractivity contribution < 1.29 is 26.2 Å². The molecule has 0 saturated carbocycles. The molecule has 0 aliphatic carbocycles. The van der Waals surface area contributed by atoms with E-state index in [1.165, 1.54) is 0 Å². The van der Waals surface area contributed by atoms with E-state index in [-0.39, 0.29) is 0 Å². The third kappa shape index (κ3) is 4.22. The molecule has 0 aromatic carbocycles. The fourth-order valence-corrected chi connectivity index (χ4v) is 5.09. The minimum Gasteiger partial charge on any atom is -0.369 e. The van der Waals surface area contributed by atoms with E-state index in [1.807, 2.05) is 20.8 Å². The molecule has 0 unspecified atom stereocenters. The van der Waals surface area contributed by atoms with Gasteiger partial charge < -0.3 is 26.2 Å². The Morgan fingerprint density at radius 2 is 1.38 bits per heavy atom. The lowest BCUT2D eigenvalue weighted by Crippen LogP contribution is -2.53. The first-order chi connectivity index (χ1) is 7.76. The number of rotatable bonds is 8. The summed E-state index contributed by atoms with van der Waals surface area (Å²) in [6, 6.07) is 0. The van der Waals surface area contributed by atoms with E-state index in [4.69, 9.17) is 26.2 Å². The summed E-state index contributed by atoms with van der Waals surface area (Å²) in [5.74, 6) is 0. The van der Waals surface area contributed by atoms with E-state index < -0.39 is 18.6 Å². The molecule has 0 aromatic rings. The zero-order valence-corrected chi connectivity index (χ0v) is 12.0. The van der Waals surface area contributed by atoms with Crippen LogP contribution in [0.25, 0.3) is 0 Å². The summed E-state index contributed by atoms with van der Waals surface area (Å²) in [5.41, 5.74) is 0. The molecule has 16 heavy (non-hydrogen) atoms. The zero-order chi connectivity index (χ0) is 11.9. The van der Waals surface area contributed by atoms with Crippen LogP contribution in [0.4, 0.5) is 0 Å². The highest BCUT2D eigenvalue weighted by molar-refractivity contribution is 6.62. The smallest absolute Gasteiger partial charge is 0.369 e. The minimum atomic E-state index is -3.07. The van der Waals surface area contributed by atoms with Gasteiger partial charge in [0.15, 0.2) is 0 Å². The van der Waals surface area contributed by atoms with Crippen LogP contribution < -0.4 is 0 Å². The average molecular weight is 267 g/mol. The molecule has 6 nitrogen and oxygen atoms in total. The molecule has 0 N–H and O–H groups in total. The summed E-state index contributed by atoms with van der Waals surface area (Å²) >= 11 is 0. The molecule has 1 aliphatic heterocycles. The van der Waals surface area contributed by atoms with Crippen LogP contribution in [0.5, 0.6) is 0 Å². The fraction of sp³-hybridized carbons (Fsp3) is 1.00. The second-order valence-electron chi connectivity index (χ2n) is 2.85. The summed E-state index contributed by atoms with van der Waals surface area (Å²) in [6.07, 6.45) is 0. The summed E-state index contributed by atoms with van der Waals surface area (Å²) < 4.78 is 32.8. The Balaban J connectivity index is 2.56. The van der Waals surface area contributed by atoms with E-state index >= 15 is 0 Å². The highest BCUT2D eigenvalue weighted by atomic mass is 28.5. The van der Waals surface area contributed by atoms with Crippen molar-refractivity contribution in [3.8, 4) is 0 Å². The fourth-order valence-electron chi connectivity index (χ4n) is 1.20. The van der Waals surface area contributed by atoms with E-state index in [9.17, 15) is 0 Å². The Labute approximate surface area is 99.2 Å². The second-order valence-corrected chi connectivity index (χ2v) is 6.61. The van der Waals surface area contributed by atoms with E-state index in [2.05, 4.69) is 0 Å². The molecule has 0 spiro atoms. The van der Waals surface area contributed by atoms with Gasteiger partial charge in [-0.25, -0.2) is 0 Å². The maximum absolute atomic E-state index is 5.65. The first kappa shape index (κ1) is 14.3. The molecule has 8 heteroatoms. The van der Waals surface area contributed by atoms with Crippen molar-refractivity contribution >= 4 is 18.6 Å². The molecular formula is C8H19O6Si2. The normalized spacial score (nSPS) is 18.2. The predicted octanol–water partition coefficient (Wildman–Crippen LogP) is 0.580. The van der Waals surface area contributed by atoms with Gasteiger partial charge in [0.05, 0.1) is 13.2 Å². The lowest BCUT2D eigenvalue weighted by Gasteiger charge is -2.27. The van der Waals surface area contributed by atoms with Crippen LogP contribution in [-0.2, 0) is 26.2 Å². The first-order valence-electron chi connectivity index (χ1n) is 5.49. The van der Waals surface area contributed by atoms with E-state index in [0.717, 1.165) is 0 Å². The van der Waals surface area contributed by atoms with Crippen LogP contribution in [-0.4, -0.2) is 51.6 Å². The number of hydrogen-bond acceptors (Lipinski definition) is 6. The van der Waals surface area contributed by atoms with E-state index in [1.54, 1.807) is 0 Å². The van der Waals surface area contributed by atoms with Gasteiger partial charge in [0, 0.05) is 19.8 Å². The monoisotopic (exact) mass is 267 g/mol. The topological polar surface area (TPSA) is 55.4 Å². The highest BCUT2D eigenvalue weighted by Crippen LogP contribution is 2.16. The SMILES string of the molecule is CCO[Si](OCC)(OCC)O[Si]1OCCO1. The third-order valence-electron chi connectivity index (χ3n) is 1.69. The summed E-state index contributed by atoms with van der Waals surface area (Å²) in [5, 5.41) is 0. The molecule has 0 atom stereocenters. The average Bonchev–Trinajstić information content (AvgIpc) is 2.71. The molecule has 1 fully saturated rings. The Morgan fingerprint density at radius 3 is 1.75 bits per heavy atom. The molecular weight excluding hydrogens is 248 g/mol. The van der Waals surface area contributed by atoms with Gasteiger partial charge in [-0.2, -0.15) is 0 Å². The van der Waals surface area contributed by atoms with Crippen LogP contribution in [0.15, 0.2) is 0 Å². The molecule has 1 aliphatic rings. The molecule has 0 bridgehead atoms. The lowest BCUT2D eigenvalue weighted by atomic mass is 10.8.